The molecule has 3 nitrogen and oxygen atoms in total. The van der Waals surface area contributed by atoms with Gasteiger partial charge in [0.25, 0.3) is 0 Å². The first-order valence-corrected chi connectivity index (χ1v) is 5.99. The largest absolute Gasteiger partial charge is 0.479 e. The molecular weight excluding hydrogens is 212 g/mol. The summed E-state index contributed by atoms with van der Waals surface area (Å²) in [5, 5.41) is 20.9. The van der Waals surface area contributed by atoms with Gasteiger partial charge in [0.05, 0.1) is 0 Å². The van der Waals surface area contributed by atoms with Gasteiger partial charge in [-0.05, 0) is 24.3 Å². The fourth-order valence-electron chi connectivity index (χ4n) is 1.48. The van der Waals surface area contributed by atoms with Gasteiger partial charge < -0.3 is 10.2 Å². The first kappa shape index (κ1) is 12.2. The monoisotopic (exact) mass is 228 g/mol. The van der Waals surface area contributed by atoms with Crippen molar-refractivity contribution in [1.82, 2.24) is 0 Å². The molecule has 0 aliphatic carbocycles. The molecule has 2 N–H and O–H groups in total. The van der Waals surface area contributed by atoms with Crippen LogP contribution in [0.1, 0.15) is 37.5 Å². The SMILES string of the molecule is CCCCCC(O)(C(=O)O)c1cccs1. The second-order valence-electron chi connectivity index (χ2n) is 3.60. The number of aliphatic hydroxyl groups is 1. The maximum atomic E-state index is 11.1. The molecule has 1 heterocycles. The van der Waals surface area contributed by atoms with Crippen molar-refractivity contribution in [2.24, 2.45) is 0 Å². The van der Waals surface area contributed by atoms with Crippen molar-refractivity contribution in [2.45, 2.75) is 38.2 Å². The molecule has 84 valence electrons. The summed E-state index contributed by atoms with van der Waals surface area (Å²) in [4.78, 5) is 11.6. The highest BCUT2D eigenvalue weighted by molar-refractivity contribution is 7.10. The molecule has 0 aromatic carbocycles. The zero-order valence-electron chi connectivity index (χ0n) is 8.77. The standard InChI is InChI=1S/C11H16O3S/c1-2-3-4-7-11(14,10(12)13)9-6-5-8-15-9/h5-6,8,14H,2-4,7H2,1H3,(H,12,13). The van der Waals surface area contributed by atoms with Crippen molar-refractivity contribution in [1.29, 1.82) is 0 Å². The average molecular weight is 228 g/mol. The molecule has 1 unspecified atom stereocenters. The quantitative estimate of drug-likeness (QED) is 0.736. The molecule has 4 heteroatoms. The molecule has 0 spiro atoms. The Labute approximate surface area is 93.4 Å². The smallest absolute Gasteiger partial charge is 0.341 e. The van der Waals surface area contributed by atoms with Gasteiger partial charge in [-0.25, -0.2) is 4.79 Å². The molecule has 0 saturated heterocycles. The lowest BCUT2D eigenvalue weighted by Crippen LogP contribution is -2.34. The fraction of sp³-hybridized carbons (Fsp3) is 0.545. The van der Waals surface area contributed by atoms with Crippen LogP contribution in [0.3, 0.4) is 0 Å². The normalized spacial score (nSPS) is 14.8. The molecule has 0 amide bonds. The number of hydrogen-bond acceptors (Lipinski definition) is 3. The summed E-state index contributed by atoms with van der Waals surface area (Å²) in [7, 11) is 0. The molecule has 0 aliphatic rings. The predicted octanol–water partition coefficient (Wildman–Crippen LogP) is 2.60. The van der Waals surface area contributed by atoms with Crippen LogP contribution < -0.4 is 0 Å². The number of unbranched alkanes of at least 4 members (excludes halogenated alkanes) is 2. The number of carboxylic acids is 1. The molecule has 0 radical (unpaired) electrons. The van der Waals surface area contributed by atoms with Crippen molar-refractivity contribution in [3.05, 3.63) is 22.4 Å². The van der Waals surface area contributed by atoms with E-state index in [1.165, 1.54) is 11.3 Å². The molecule has 0 bridgehead atoms. The van der Waals surface area contributed by atoms with E-state index in [1.807, 2.05) is 6.92 Å². The summed E-state index contributed by atoms with van der Waals surface area (Å²) in [6.07, 6.45) is 2.98. The van der Waals surface area contributed by atoms with Crippen LogP contribution >= 0.6 is 11.3 Å². The molecule has 1 aromatic heterocycles. The maximum Gasteiger partial charge on any atom is 0.341 e. The zero-order valence-corrected chi connectivity index (χ0v) is 9.59. The minimum atomic E-state index is -1.69. The van der Waals surface area contributed by atoms with E-state index in [1.54, 1.807) is 17.5 Å². The van der Waals surface area contributed by atoms with Crippen molar-refractivity contribution in [3.8, 4) is 0 Å². The highest BCUT2D eigenvalue weighted by Crippen LogP contribution is 2.31. The Balaban J connectivity index is 2.75. The molecule has 1 rings (SSSR count). The van der Waals surface area contributed by atoms with Gasteiger partial charge >= 0.3 is 5.97 Å². The van der Waals surface area contributed by atoms with Crippen LogP contribution in [-0.4, -0.2) is 16.2 Å². The Hall–Kier alpha value is -0.870. The number of carbonyl (C=O) groups is 1. The Kier molecular flexibility index (Phi) is 4.29. The van der Waals surface area contributed by atoms with Gasteiger partial charge in [0, 0.05) is 4.88 Å². The third kappa shape index (κ3) is 2.79. The number of hydrogen-bond donors (Lipinski definition) is 2. The summed E-state index contributed by atoms with van der Waals surface area (Å²) < 4.78 is 0. The van der Waals surface area contributed by atoms with Crippen LogP contribution in [0.4, 0.5) is 0 Å². The summed E-state index contributed by atoms with van der Waals surface area (Å²) >= 11 is 1.29. The van der Waals surface area contributed by atoms with E-state index in [2.05, 4.69) is 0 Å². The molecular formula is C11H16O3S. The van der Waals surface area contributed by atoms with Crippen LogP contribution in [-0.2, 0) is 10.4 Å². The summed E-state index contributed by atoms with van der Waals surface area (Å²) in [6.45, 7) is 2.05. The van der Waals surface area contributed by atoms with Gasteiger partial charge in [-0.2, -0.15) is 0 Å². The van der Waals surface area contributed by atoms with E-state index in [0.29, 0.717) is 4.88 Å². The number of thiophene rings is 1. The van der Waals surface area contributed by atoms with E-state index in [0.717, 1.165) is 19.3 Å². The first-order valence-electron chi connectivity index (χ1n) is 5.11. The second kappa shape index (κ2) is 5.28. The summed E-state index contributed by atoms with van der Waals surface area (Å²) in [5.41, 5.74) is -1.69. The summed E-state index contributed by atoms with van der Waals surface area (Å²) in [6, 6.07) is 3.43. The van der Waals surface area contributed by atoms with Crippen molar-refractivity contribution >= 4 is 17.3 Å². The molecule has 0 aliphatic heterocycles. The predicted molar refractivity (Wildman–Crippen MR) is 60.0 cm³/mol. The van der Waals surface area contributed by atoms with Crippen LogP contribution in [0, 0.1) is 0 Å². The molecule has 0 saturated carbocycles. The van der Waals surface area contributed by atoms with Crippen LogP contribution in [0.5, 0.6) is 0 Å². The highest BCUT2D eigenvalue weighted by atomic mass is 32.1. The number of carboxylic acid groups (broad SMARTS) is 1. The van der Waals surface area contributed by atoms with Gasteiger partial charge in [0.1, 0.15) is 0 Å². The van der Waals surface area contributed by atoms with E-state index in [4.69, 9.17) is 5.11 Å². The number of aliphatic carboxylic acids is 1. The van der Waals surface area contributed by atoms with E-state index in [9.17, 15) is 9.90 Å². The molecule has 15 heavy (non-hydrogen) atoms. The van der Waals surface area contributed by atoms with E-state index < -0.39 is 11.6 Å². The Morgan fingerprint density at radius 2 is 2.27 bits per heavy atom. The minimum Gasteiger partial charge on any atom is -0.479 e. The minimum absolute atomic E-state index is 0.288. The topological polar surface area (TPSA) is 57.5 Å². The molecule has 1 atom stereocenters. The van der Waals surface area contributed by atoms with Gasteiger partial charge in [0.2, 0.25) is 0 Å². The lowest BCUT2D eigenvalue weighted by molar-refractivity contribution is -0.160. The van der Waals surface area contributed by atoms with Crippen LogP contribution in [0.2, 0.25) is 0 Å². The fourth-order valence-corrected chi connectivity index (χ4v) is 2.33. The van der Waals surface area contributed by atoms with Crippen molar-refractivity contribution in [3.63, 3.8) is 0 Å². The first-order chi connectivity index (χ1) is 7.11. The van der Waals surface area contributed by atoms with Crippen LogP contribution in [0.25, 0.3) is 0 Å². The zero-order chi connectivity index (χ0) is 11.3. The van der Waals surface area contributed by atoms with Gasteiger partial charge in [-0.15, -0.1) is 11.3 Å². The average Bonchev–Trinajstić information content (AvgIpc) is 2.70. The Morgan fingerprint density at radius 3 is 2.73 bits per heavy atom. The summed E-state index contributed by atoms with van der Waals surface area (Å²) in [5.74, 6) is -1.15. The lowest BCUT2D eigenvalue weighted by Gasteiger charge is -2.21. The van der Waals surface area contributed by atoms with E-state index in [-0.39, 0.29) is 6.42 Å². The van der Waals surface area contributed by atoms with Gasteiger partial charge in [0.15, 0.2) is 5.60 Å². The molecule has 1 aromatic rings. The van der Waals surface area contributed by atoms with Crippen molar-refractivity contribution in [2.75, 3.05) is 0 Å². The maximum absolute atomic E-state index is 11.1. The van der Waals surface area contributed by atoms with Crippen LogP contribution in [0.15, 0.2) is 17.5 Å². The third-order valence-electron chi connectivity index (χ3n) is 2.42. The third-order valence-corrected chi connectivity index (χ3v) is 3.45. The Bertz CT molecular complexity index is 308. The number of rotatable bonds is 6. The Morgan fingerprint density at radius 1 is 1.53 bits per heavy atom. The lowest BCUT2D eigenvalue weighted by atomic mass is 9.94. The molecule has 0 fully saturated rings. The van der Waals surface area contributed by atoms with Gasteiger partial charge in [-0.3, -0.25) is 0 Å². The van der Waals surface area contributed by atoms with Gasteiger partial charge in [-0.1, -0.05) is 25.8 Å². The highest BCUT2D eigenvalue weighted by Gasteiger charge is 2.38. The van der Waals surface area contributed by atoms with Crippen molar-refractivity contribution < 1.29 is 15.0 Å². The second-order valence-corrected chi connectivity index (χ2v) is 4.55. The van der Waals surface area contributed by atoms with E-state index >= 15 is 0 Å².